The molecule has 2 N–H and O–H groups in total. The molecule has 1 amide bonds. The standard InChI is InChI=1S/C13H26N4O2/c1-3-15-4-6-16(10-12(2)18)8-9-17(7-5-15)11-13(14)19/h3-11H2,1-2H3,(H2,14,19). The number of likely N-dealkylation sites (N-methyl/N-ethyl adjacent to an activating group) is 1. The van der Waals surface area contributed by atoms with E-state index in [-0.39, 0.29) is 11.7 Å². The summed E-state index contributed by atoms with van der Waals surface area (Å²) >= 11 is 0. The maximum Gasteiger partial charge on any atom is 0.231 e. The van der Waals surface area contributed by atoms with E-state index in [1.54, 1.807) is 6.92 Å². The molecule has 1 saturated heterocycles. The van der Waals surface area contributed by atoms with Gasteiger partial charge in [0, 0.05) is 39.3 Å². The summed E-state index contributed by atoms with van der Waals surface area (Å²) in [5, 5.41) is 0. The highest BCUT2D eigenvalue weighted by molar-refractivity contribution is 5.77. The van der Waals surface area contributed by atoms with Crippen LogP contribution in [0.3, 0.4) is 0 Å². The SMILES string of the molecule is CCN1CCN(CC(C)=O)CCN(CC(N)=O)CC1. The smallest absolute Gasteiger partial charge is 0.231 e. The summed E-state index contributed by atoms with van der Waals surface area (Å²) < 4.78 is 0. The summed E-state index contributed by atoms with van der Waals surface area (Å²) in [6.07, 6.45) is 0. The summed E-state index contributed by atoms with van der Waals surface area (Å²) in [5.41, 5.74) is 5.27. The molecule has 1 fully saturated rings. The van der Waals surface area contributed by atoms with Gasteiger partial charge < -0.3 is 10.6 Å². The largest absolute Gasteiger partial charge is 0.369 e. The van der Waals surface area contributed by atoms with E-state index in [2.05, 4.69) is 21.6 Å². The monoisotopic (exact) mass is 270 g/mol. The lowest BCUT2D eigenvalue weighted by Crippen LogP contribution is -2.41. The minimum Gasteiger partial charge on any atom is -0.369 e. The maximum atomic E-state index is 11.3. The number of rotatable bonds is 5. The molecule has 1 aliphatic rings. The van der Waals surface area contributed by atoms with E-state index in [0.717, 1.165) is 45.8 Å². The van der Waals surface area contributed by atoms with E-state index in [1.165, 1.54) is 0 Å². The average molecular weight is 270 g/mol. The van der Waals surface area contributed by atoms with Crippen LogP contribution >= 0.6 is 0 Å². The van der Waals surface area contributed by atoms with Gasteiger partial charge in [-0.1, -0.05) is 6.92 Å². The Bertz CT molecular complexity index is 281. The molecule has 0 spiro atoms. The third kappa shape index (κ3) is 6.66. The van der Waals surface area contributed by atoms with Crippen molar-refractivity contribution >= 4 is 11.7 Å². The molecule has 0 aliphatic carbocycles. The van der Waals surface area contributed by atoms with E-state index in [0.29, 0.717) is 13.1 Å². The van der Waals surface area contributed by atoms with Crippen LogP contribution in [0.1, 0.15) is 13.8 Å². The van der Waals surface area contributed by atoms with Crippen molar-refractivity contribution in [1.82, 2.24) is 14.7 Å². The van der Waals surface area contributed by atoms with Crippen LogP contribution in [0.2, 0.25) is 0 Å². The highest BCUT2D eigenvalue weighted by atomic mass is 16.1. The van der Waals surface area contributed by atoms with Crippen molar-refractivity contribution < 1.29 is 9.59 Å². The van der Waals surface area contributed by atoms with Crippen LogP contribution in [0.4, 0.5) is 0 Å². The van der Waals surface area contributed by atoms with Gasteiger partial charge in [0.15, 0.2) is 0 Å². The van der Waals surface area contributed by atoms with Gasteiger partial charge in [-0.05, 0) is 13.5 Å². The molecule has 0 unspecified atom stereocenters. The maximum absolute atomic E-state index is 11.3. The van der Waals surface area contributed by atoms with Crippen molar-refractivity contribution in [3.05, 3.63) is 0 Å². The number of nitrogens with two attached hydrogens (primary N) is 1. The Morgan fingerprint density at radius 3 is 1.68 bits per heavy atom. The molecule has 6 nitrogen and oxygen atoms in total. The molecule has 110 valence electrons. The van der Waals surface area contributed by atoms with Gasteiger partial charge in [-0.3, -0.25) is 19.4 Å². The van der Waals surface area contributed by atoms with Crippen LogP contribution in [-0.4, -0.2) is 85.3 Å². The van der Waals surface area contributed by atoms with Gasteiger partial charge in [-0.15, -0.1) is 0 Å². The van der Waals surface area contributed by atoms with Gasteiger partial charge in [0.25, 0.3) is 0 Å². The fourth-order valence-electron chi connectivity index (χ4n) is 2.35. The second-order valence-electron chi connectivity index (χ2n) is 5.15. The molecule has 0 saturated carbocycles. The number of hydrogen-bond donors (Lipinski definition) is 1. The van der Waals surface area contributed by atoms with Crippen molar-refractivity contribution in [3.8, 4) is 0 Å². The molecular weight excluding hydrogens is 244 g/mol. The second-order valence-corrected chi connectivity index (χ2v) is 5.15. The summed E-state index contributed by atoms with van der Waals surface area (Å²) in [4.78, 5) is 28.9. The topological polar surface area (TPSA) is 69.9 Å². The first-order chi connectivity index (χ1) is 9.01. The number of hydrogen-bond acceptors (Lipinski definition) is 5. The van der Waals surface area contributed by atoms with Crippen molar-refractivity contribution in [1.29, 1.82) is 0 Å². The Labute approximate surface area is 115 Å². The molecule has 6 heteroatoms. The summed E-state index contributed by atoms with van der Waals surface area (Å²) in [6.45, 7) is 10.8. The summed E-state index contributed by atoms with van der Waals surface area (Å²) in [7, 11) is 0. The Kier molecular flexibility index (Phi) is 6.97. The van der Waals surface area contributed by atoms with Crippen molar-refractivity contribution in [3.63, 3.8) is 0 Å². The molecule has 19 heavy (non-hydrogen) atoms. The van der Waals surface area contributed by atoms with Crippen molar-refractivity contribution in [2.24, 2.45) is 5.73 Å². The lowest BCUT2D eigenvalue weighted by Gasteiger charge is -2.23. The summed E-state index contributed by atoms with van der Waals surface area (Å²) in [5.74, 6) is -0.107. The lowest BCUT2D eigenvalue weighted by atomic mass is 10.3. The normalized spacial score (nSPS) is 20.5. The molecular formula is C13H26N4O2. The third-order valence-electron chi connectivity index (χ3n) is 3.47. The second kappa shape index (κ2) is 8.24. The van der Waals surface area contributed by atoms with Gasteiger partial charge in [-0.25, -0.2) is 0 Å². The molecule has 0 radical (unpaired) electrons. The zero-order valence-electron chi connectivity index (χ0n) is 12.1. The van der Waals surface area contributed by atoms with E-state index >= 15 is 0 Å². The van der Waals surface area contributed by atoms with Crippen LogP contribution in [0.15, 0.2) is 0 Å². The minimum atomic E-state index is -0.291. The molecule has 1 rings (SSSR count). The number of primary amides is 1. The van der Waals surface area contributed by atoms with Gasteiger partial charge in [0.2, 0.25) is 5.91 Å². The zero-order valence-corrected chi connectivity index (χ0v) is 12.1. The highest BCUT2D eigenvalue weighted by Gasteiger charge is 2.17. The number of amides is 1. The Balaban J connectivity index is 2.60. The predicted octanol–water partition coefficient (Wildman–Crippen LogP) is -1.000. The highest BCUT2D eigenvalue weighted by Crippen LogP contribution is 2.00. The van der Waals surface area contributed by atoms with Gasteiger partial charge in [0.1, 0.15) is 5.78 Å². The van der Waals surface area contributed by atoms with Gasteiger partial charge in [0.05, 0.1) is 13.1 Å². The molecule has 0 aromatic rings. The first-order valence-corrected chi connectivity index (χ1v) is 6.96. The van der Waals surface area contributed by atoms with Crippen LogP contribution in [0, 0.1) is 0 Å². The predicted molar refractivity (Wildman–Crippen MR) is 74.9 cm³/mol. The van der Waals surface area contributed by atoms with E-state index in [4.69, 9.17) is 5.73 Å². The Morgan fingerprint density at radius 1 is 0.895 bits per heavy atom. The molecule has 0 aromatic carbocycles. The Morgan fingerprint density at radius 2 is 1.32 bits per heavy atom. The number of nitrogens with zero attached hydrogens (tertiary/aromatic N) is 3. The zero-order chi connectivity index (χ0) is 14.3. The lowest BCUT2D eigenvalue weighted by molar-refractivity contribution is -0.120. The molecule has 0 bridgehead atoms. The molecule has 0 atom stereocenters. The number of carbonyl (C=O) groups excluding carboxylic acids is 2. The minimum absolute atomic E-state index is 0.184. The first-order valence-electron chi connectivity index (χ1n) is 6.96. The first kappa shape index (κ1) is 16.1. The van der Waals surface area contributed by atoms with Crippen LogP contribution in [0.25, 0.3) is 0 Å². The average Bonchev–Trinajstić information content (AvgIpc) is 2.41. The molecule has 0 aromatic heterocycles. The third-order valence-corrected chi connectivity index (χ3v) is 3.47. The molecule has 1 heterocycles. The number of Topliss-reactive ketones (excluding diaryl/α,β-unsaturated/α-hetero) is 1. The Hall–Kier alpha value is -0.980. The fourth-order valence-corrected chi connectivity index (χ4v) is 2.35. The van der Waals surface area contributed by atoms with Crippen molar-refractivity contribution in [2.75, 3.05) is 58.9 Å². The van der Waals surface area contributed by atoms with Crippen LogP contribution in [0.5, 0.6) is 0 Å². The van der Waals surface area contributed by atoms with Crippen molar-refractivity contribution in [2.45, 2.75) is 13.8 Å². The number of carbonyl (C=O) groups is 2. The van der Waals surface area contributed by atoms with Gasteiger partial charge >= 0.3 is 0 Å². The fraction of sp³-hybridized carbons (Fsp3) is 0.846. The molecule has 1 aliphatic heterocycles. The van der Waals surface area contributed by atoms with Crippen LogP contribution < -0.4 is 5.73 Å². The van der Waals surface area contributed by atoms with E-state index in [9.17, 15) is 9.59 Å². The van der Waals surface area contributed by atoms with Gasteiger partial charge in [-0.2, -0.15) is 0 Å². The van der Waals surface area contributed by atoms with E-state index < -0.39 is 0 Å². The summed E-state index contributed by atoms with van der Waals surface area (Å²) in [6, 6.07) is 0. The quantitative estimate of drug-likeness (QED) is 0.694. The number of ketones is 1. The van der Waals surface area contributed by atoms with E-state index in [1.807, 2.05) is 0 Å². The van der Waals surface area contributed by atoms with Crippen LogP contribution in [-0.2, 0) is 9.59 Å².